The number of imide groups is 1. The van der Waals surface area contributed by atoms with Gasteiger partial charge in [-0.05, 0) is 56.5 Å². The van der Waals surface area contributed by atoms with E-state index in [0.717, 1.165) is 30.5 Å². The van der Waals surface area contributed by atoms with Gasteiger partial charge in [-0.1, -0.05) is 36.4 Å². The molecule has 5 nitrogen and oxygen atoms in total. The van der Waals surface area contributed by atoms with Crippen molar-refractivity contribution in [1.82, 2.24) is 4.90 Å². The van der Waals surface area contributed by atoms with Crippen molar-refractivity contribution in [2.24, 2.45) is 11.8 Å². The Morgan fingerprint density at radius 1 is 0.931 bits per heavy atom. The summed E-state index contributed by atoms with van der Waals surface area (Å²) in [6.07, 6.45) is 1.82. The van der Waals surface area contributed by atoms with Gasteiger partial charge in [0.15, 0.2) is 5.78 Å². The molecule has 0 spiro atoms. The molecule has 2 aromatic rings. The Bertz CT molecular complexity index is 996. The van der Waals surface area contributed by atoms with Crippen LogP contribution in [0.4, 0.5) is 5.69 Å². The molecule has 0 unspecified atom stereocenters. The number of carbonyl (C=O) groups is 3. The van der Waals surface area contributed by atoms with Crippen molar-refractivity contribution < 1.29 is 14.4 Å². The summed E-state index contributed by atoms with van der Waals surface area (Å²) in [4.78, 5) is 43.8. The van der Waals surface area contributed by atoms with E-state index in [9.17, 15) is 14.4 Å². The lowest BCUT2D eigenvalue weighted by Gasteiger charge is -2.27. The highest BCUT2D eigenvalue weighted by Crippen LogP contribution is 2.48. The summed E-state index contributed by atoms with van der Waals surface area (Å²) in [5, 5.41) is 0. The van der Waals surface area contributed by atoms with Crippen LogP contribution in [0.15, 0.2) is 48.5 Å². The number of benzene rings is 2. The Morgan fingerprint density at radius 3 is 2.28 bits per heavy atom. The van der Waals surface area contributed by atoms with Gasteiger partial charge in [0.1, 0.15) is 0 Å². The minimum absolute atomic E-state index is 0.0231. The minimum Gasteiger partial charge on any atom is -0.292 e. The third-order valence-corrected chi connectivity index (χ3v) is 6.64. The Balaban J connectivity index is 1.57. The second-order valence-electron chi connectivity index (χ2n) is 8.53. The SMILES string of the molecule is Cc1cc(C)cc(N2C(=O)[C@@H]3[C@H](C2=O)[C@@H](C(=O)c2ccccc2)N2CCC[C@H]32)c1. The number of fused-ring (bicyclic) bond motifs is 3. The monoisotopic (exact) mass is 388 g/mol. The van der Waals surface area contributed by atoms with E-state index >= 15 is 0 Å². The van der Waals surface area contributed by atoms with Crippen molar-refractivity contribution in [3.8, 4) is 0 Å². The van der Waals surface area contributed by atoms with E-state index in [4.69, 9.17) is 0 Å². The molecule has 3 heterocycles. The largest absolute Gasteiger partial charge is 0.292 e. The molecule has 148 valence electrons. The summed E-state index contributed by atoms with van der Waals surface area (Å²) in [6.45, 7) is 4.69. The number of ketones is 1. The summed E-state index contributed by atoms with van der Waals surface area (Å²) in [6, 6.07) is 14.3. The number of hydrogen-bond acceptors (Lipinski definition) is 4. The number of nitrogens with zero attached hydrogens (tertiary/aromatic N) is 2. The maximum Gasteiger partial charge on any atom is 0.239 e. The standard InChI is InChI=1S/C24H24N2O3/c1-14-11-15(2)13-17(12-14)26-23(28)19-18-9-6-10-25(18)21(20(19)24(26)29)22(27)16-7-4-3-5-8-16/h3-5,7-8,11-13,18-21H,6,9-10H2,1-2H3/t18-,19+,20+,21+/m1/s1. The highest BCUT2D eigenvalue weighted by Gasteiger charge is 2.64. The molecule has 3 saturated heterocycles. The number of rotatable bonds is 3. The molecule has 0 bridgehead atoms. The van der Waals surface area contributed by atoms with Crippen molar-refractivity contribution in [1.29, 1.82) is 0 Å². The number of carbonyl (C=O) groups excluding carboxylic acids is 3. The Morgan fingerprint density at radius 2 is 1.59 bits per heavy atom. The second-order valence-corrected chi connectivity index (χ2v) is 8.53. The van der Waals surface area contributed by atoms with Crippen LogP contribution in [0.5, 0.6) is 0 Å². The van der Waals surface area contributed by atoms with Crippen molar-refractivity contribution >= 4 is 23.3 Å². The molecule has 5 rings (SSSR count). The zero-order chi connectivity index (χ0) is 20.3. The molecule has 0 aromatic heterocycles. The summed E-state index contributed by atoms with van der Waals surface area (Å²) in [5.74, 6) is -1.45. The first kappa shape index (κ1) is 18.3. The molecule has 3 fully saturated rings. The first-order valence-corrected chi connectivity index (χ1v) is 10.3. The first-order valence-electron chi connectivity index (χ1n) is 10.3. The number of amides is 2. The normalized spacial score (nSPS) is 28.7. The molecule has 2 amide bonds. The van der Waals surface area contributed by atoms with Gasteiger partial charge < -0.3 is 0 Å². The fourth-order valence-electron chi connectivity index (χ4n) is 5.62. The Hall–Kier alpha value is -2.79. The van der Waals surface area contributed by atoms with E-state index in [2.05, 4.69) is 4.90 Å². The number of aryl methyl sites for hydroxylation is 2. The summed E-state index contributed by atoms with van der Waals surface area (Å²) < 4.78 is 0. The van der Waals surface area contributed by atoms with Gasteiger partial charge in [0, 0.05) is 11.6 Å². The quantitative estimate of drug-likeness (QED) is 0.599. The molecule has 0 aliphatic carbocycles. The third-order valence-electron chi connectivity index (χ3n) is 6.64. The Labute approximate surface area is 170 Å². The Kier molecular flexibility index (Phi) is 4.17. The van der Waals surface area contributed by atoms with E-state index in [1.54, 1.807) is 12.1 Å². The van der Waals surface area contributed by atoms with Crippen LogP contribution in [-0.4, -0.2) is 41.1 Å². The van der Waals surface area contributed by atoms with E-state index in [1.807, 2.05) is 50.2 Å². The lowest BCUT2D eigenvalue weighted by Crippen LogP contribution is -2.46. The van der Waals surface area contributed by atoms with Crippen molar-refractivity contribution in [3.05, 3.63) is 65.2 Å². The van der Waals surface area contributed by atoms with E-state index in [0.29, 0.717) is 11.3 Å². The van der Waals surface area contributed by atoms with Crippen LogP contribution in [0.2, 0.25) is 0 Å². The van der Waals surface area contributed by atoms with Crippen molar-refractivity contribution in [2.45, 2.75) is 38.8 Å². The fourth-order valence-corrected chi connectivity index (χ4v) is 5.62. The molecular weight excluding hydrogens is 364 g/mol. The average molecular weight is 388 g/mol. The molecule has 3 aliphatic rings. The summed E-state index contributed by atoms with van der Waals surface area (Å²) in [7, 11) is 0. The number of anilines is 1. The van der Waals surface area contributed by atoms with Gasteiger partial charge in [-0.25, -0.2) is 4.90 Å². The maximum absolute atomic E-state index is 13.5. The zero-order valence-electron chi connectivity index (χ0n) is 16.7. The second kappa shape index (κ2) is 6.63. The molecule has 2 aromatic carbocycles. The summed E-state index contributed by atoms with van der Waals surface area (Å²) in [5.41, 5.74) is 3.25. The maximum atomic E-state index is 13.5. The van der Waals surface area contributed by atoms with Gasteiger partial charge in [0.25, 0.3) is 0 Å². The van der Waals surface area contributed by atoms with E-state index in [-0.39, 0.29) is 23.6 Å². The topological polar surface area (TPSA) is 57.7 Å². The van der Waals surface area contributed by atoms with Crippen LogP contribution in [-0.2, 0) is 9.59 Å². The molecule has 0 radical (unpaired) electrons. The highest BCUT2D eigenvalue weighted by atomic mass is 16.2. The van der Waals surface area contributed by atoms with Gasteiger partial charge in [-0.2, -0.15) is 0 Å². The fraction of sp³-hybridized carbons (Fsp3) is 0.375. The molecule has 3 aliphatic heterocycles. The van der Waals surface area contributed by atoms with E-state index < -0.39 is 17.9 Å². The average Bonchev–Trinajstić information content (AvgIpc) is 3.33. The van der Waals surface area contributed by atoms with Crippen LogP contribution < -0.4 is 4.90 Å². The smallest absolute Gasteiger partial charge is 0.239 e. The lowest BCUT2D eigenvalue weighted by molar-refractivity contribution is -0.123. The van der Waals surface area contributed by atoms with Crippen molar-refractivity contribution in [2.75, 3.05) is 11.4 Å². The predicted molar refractivity (Wildman–Crippen MR) is 110 cm³/mol. The summed E-state index contributed by atoms with van der Waals surface area (Å²) >= 11 is 0. The molecule has 29 heavy (non-hydrogen) atoms. The molecule has 0 N–H and O–H groups in total. The van der Waals surface area contributed by atoms with Crippen LogP contribution in [0, 0.1) is 25.7 Å². The van der Waals surface area contributed by atoms with Gasteiger partial charge in [-0.3, -0.25) is 19.3 Å². The molecule has 5 heteroatoms. The molecule has 0 saturated carbocycles. The van der Waals surface area contributed by atoms with Crippen LogP contribution in [0.3, 0.4) is 0 Å². The van der Waals surface area contributed by atoms with Crippen LogP contribution in [0.1, 0.15) is 34.3 Å². The lowest BCUT2D eigenvalue weighted by atomic mass is 9.85. The minimum atomic E-state index is -0.596. The zero-order valence-corrected chi connectivity index (χ0v) is 16.7. The van der Waals surface area contributed by atoms with Gasteiger partial charge >= 0.3 is 0 Å². The van der Waals surface area contributed by atoms with Gasteiger partial charge in [0.05, 0.1) is 23.6 Å². The van der Waals surface area contributed by atoms with Crippen LogP contribution >= 0.6 is 0 Å². The van der Waals surface area contributed by atoms with E-state index in [1.165, 1.54) is 4.90 Å². The first-order chi connectivity index (χ1) is 14.0. The molecule has 4 atom stereocenters. The number of Topliss-reactive ketones (excluding diaryl/α,β-unsaturated/α-hetero) is 1. The number of hydrogen-bond donors (Lipinski definition) is 0. The predicted octanol–water partition coefficient (Wildman–Crippen LogP) is 3.14. The van der Waals surface area contributed by atoms with Gasteiger partial charge in [0.2, 0.25) is 11.8 Å². The molecular formula is C24H24N2O3. The van der Waals surface area contributed by atoms with Crippen LogP contribution in [0.25, 0.3) is 0 Å². The van der Waals surface area contributed by atoms with Gasteiger partial charge in [-0.15, -0.1) is 0 Å². The third kappa shape index (κ3) is 2.68. The highest BCUT2D eigenvalue weighted by molar-refractivity contribution is 6.24. The van der Waals surface area contributed by atoms with Crippen molar-refractivity contribution in [3.63, 3.8) is 0 Å².